The molecule has 0 atom stereocenters. The van der Waals surface area contributed by atoms with Crippen molar-refractivity contribution in [2.75, 3.05) is 10.7 Å². The Bertz CT molecular complexity index is 343. The molecule has 0 aliphatic heterocycles. The smallest absolute Gasteiger partial charge is 0.142 e. The van der Waals surface area contributed by atoms with E-state index in [2.05, 4.69) is 38.8 Å². The summed E-state index contributed by atoms with van der Waals surface area (Å²) in [6.07, 6.45) is 1.78. The van der Waals surface area contributed by atoms with Crippen LogP contribution in [0.3, 0.4) is 0 Å². The van der Waals surface area contributed by atoms with Crippen LogP contribution in [0.5, 0.6) is 0 Å². The molecule has 0 nitrogen and oxygen atoms in total. The van der Waals surface area contributed by atoms with E-state index < -0.39 is 0 Å². The summed E-state index contributed by atoms with van der Waals surface area (Å²) in [6.45, 7) is 2.13. The average Bonchev–Trinajstić information content (AvgIpc) is 2.32. The minimum Gasteiger partial charge on any atom is -0.205 e. The summed E-state index contributed by atoms with van der Waals surface area (Å²) in [5, 5.41) is 1.99. The molecule has 1 aromatic rings. The monoisotopic (exact) mass is 370 g/mol. The lowest BCUT2D eigenvalue weighted by molar-refractivity contribution is 0.373. The Labute approximate surface area is 118 Å². The third kappa shape index (κ3) is 3.21. The normalized spacial score (nSPS) is 11.8. The fourth-order valence-corrected chi connectivity index (χ4v) is 3.84. The Morgan fingerprint density at radius 2 is 1.94 bits per heavy atom. The second kappa shape index (κ2) is 6.36. The zero-order chi connectivity index (χ0) is 12.2. The first-order valence-corrected chi connectivity index (χ1v) is 7.75. The predicted octanol–water partition coefficient (Wildman–Crippen LogP) is 5.21. The molecule has 0 radical (unpaired) electrons. The van der Waals surface area contributed by atoms with Crippen molar-refractivity contribution in [3.63, 3.8) is 0 Å². The van der Waals surface area contributed by atoms with Gasteiger partial charge in [0.1, 0.15) is 5.82 Å². The molecule has 16 heavy (non-hydrogen) atoms. The molecule has 0 aromatic heterocycles. The number of rotatable bonds is 5. The number of hydrogen-bond donors (Lipinski definition) is 0. The van der Waals surface area contributed by atoms with Crippen LogP contribution in [0.2, 0.25) is 5.02 Å². The maximum absolute atomic E-state index is 13.3. The van der Waals surface area contributed by atoms with Gasteiger partial charge >= 0.3 is 0 Å². The topological polar surface area (TPSA) is 0 Å². The van der Waals surface area contributed by atoms with Gasteiger partial charge in [0.2, 0.25) is 0 Å². The van der Waals surface area contributed by atoms with Crippen molar-refractivity contribution >= 4 is 43.5 Å². The second-order valence-electron chi connectivity index (χ2n) is 4.01. The van der Waals surface area contributed by atoms with Gasteiger partial charge in [-0.15, -0.1) is 0 Å². The summed E-state index contributed by atoms with van der Waals surface area (Å²) < 4.78 is 13.3. The SMILES string of the molecule is CCC(CBr)(CBr)Cc1cccc(F)c1Cl. The largest absolute Gasteiger partial charge is 0.205 e. The molecule has 1 rings (SSSR count). The van der Waals surface area contributed by atoms with Gasteiger partial charge in [-0.1, -0.05) is 62.5 Å². The molecule has 0 unspecified atom stereocenters. The van der Waals surface area contributed by atoms with E-state index in [0.29, 0.717) is 0 Å². The molecular weight excluding hydrogens is 358 g/mol. The lowest BCUT2D eigenvalue weighted by Crippen LogP contribution is -2.26. The summed E-state index contributed by atoms with van der Waals surface area (Å²) in [4.78, 5) is 0. The zero-order valence-electron chi connectivity index (χ0n) is 9.07. The molecular formula is C12H14Br2ClF. The maximum atomic E-state index is 13.3. The van der Waals surface area contributed by atoms with Gasteiger partial charge in [-0.25, -0.2) is 4.39 Å². The van der Waals surface area contributed by atoms with Gasteiger partial charge in [0.15, 0.2) is 0 Å². The van der Waals surface area contributed by atoms with Crippen molar-refractivity contribution in [2.45, 2.75) is 19.8 Å². The molecule has 0 amide bonds. The van der Waals surface area contributed by atoms with E-state index in [1.54, 1.807) is 6.07 Å². The van der Waals surface area contributed by atoms with Crippen molar-refractivity contribution in [3.05, 3.63) is 34.6 Å². The van der Waals surface area contributed by atoms with E-state index in [1.165, 1.54) is 6.07 Å². The van der Waals surface area contributed by atoms with Crippen LogP contribution < -0.4 is 0 Å². The summed E-state index contributed by atoms with van der Waals surface area (Å²) in [6, 6.07) is 4.99. The molecule has 0 bridgehead atoms. The summed E-state index contributed by atoms with van der Waals surface area (Å²) in [5.74, 6) is -0.340. The number of hydrogen-bond acceptors (Lipinski definition) is 0. The minimum absolute atomic E-state index is 0.0947. The van der Waals surface area contributed by atoms with Gasteiger partial charge in [0.25, 0.3) is 0 Å². The van der Waals surface area contributed by atoms with Crippen LogP contribution in [-0.4, -0.2) is 10.7 Å². The molecule has 1 aromatic carbocycles. The molecule has 0 N–H and O–H groups in total. The summed E-state index contributed by atoms with van der Waals surface area (Å²) in [7, 11) is 0. The lowest BCUT2D eigenvalue weighted by atomic mass is 9.83. The molecule has 0 aliphatic carbocycles. The van der Waals surface area contributed by atoms with Crippen molar-refractivity contribution < 1.29 is 4.39 Å². The first-order valence-electron chi connectivity index (χ1n) is 5.13. The van der Waals surface area contributed by atoms with Crippen LogP contribution in [0.4, 0.5) is 4.39 Å². The van der Waals surface area contributed by atoms with Gasteiger partial charge < -0.3 is 0 Å². The Morgan fingerprint density at radius 1 is 1.31 bits per heavy atom. The molecule has 0 saturated carbocycles. The van der Waals surface area contributed by atoms with Gasteiger partial charge in [-0.05, 0) is 29.9 Å². The van der Waals surface area contributed by atoms with E-state index in [9.17, 15) is 4.39 Å². The maximum Gasteiger partial charge on any atom is 0.142 e. The first kappa shape index (κ1) is 14.5. The molecule has 4 heteroatoms. The standard InChI is InChI=1S/C12H14Br2ClF/c1-2-12(7-13,8-14)6-9-4-3-5-10(16)11(9)15/h3-5H,2,6-8H2,1H3. The van der Waals surface area contributed by atoms with Gasteiger partial charge in [0, 0.05) is 10.7 Å². The third-order valence-corrected chi connectivity index (χ3v) is 5.72. The molecule has 90 valence electrons. The fourth-order valence-electron chi connectivity index (χ4n) is 1.53. The molecule has 0 fully saturated rings. The molecule has 0 saturated heterocycles. The van der Waals surface area contributed by atoms with Crippen LogP contribution in [0.25, 0.3) is 0 Å². The summed E-state index contributed by atoms with van der Waals surface area (Å²) >= 11 is 13.0. The Morgan fingerprint density at radius 3 is 2.44 bits per heavy atom. The van der Waals surface area contributed by atoms with E-state index in [-0.39, 0.29) is 16.3 Å². The average molecular weight is 373 g/mol. The first-order chi connectivity index (χ1) is 7.58. The van der Waals surface area contributed by atoms with Gasteiger partial charge in [0.05, 0.1) is 5.02 Å². The Kier molecular flexibility index (Phi) is 5.75. The second-order valence-corrected chi connectivity index (χ2v) is 5.51. The highest BCUT2D eigenvalue weighted by atomic mass is 79.9. The van der Waals surface area contributed by atoms with E-state index in [4.69, 9.17) is 11.6 Å². The number of halogens is 4. The van der Waals surface area contributed by atoms with E-state index in [1.807, 2.05) is 6.07 Å². The van der Waals surface area contributed by atoms with Gasteiger partial charge in [-0.3, -0.25) is 0 Å². The Balaban J connectivity index is 2.98. The highest BCUT2D eigenvalue weighted by molar-refractivity contribution is 9.09. The quantitative estimate of drug-likeness (QED) is 0.623. The van der Waals surface area contributed by atoms with E-state index in [0.717, 1.165) is 29.1 Å². The third-order valence-electron chi connectivity index (χ3n) is 2.91. The van der Waals surface area contributed by atoms with Crippen LogP contribution in [0.1, 0.15) is 18.9 Å². The highest BCUT2D eigenvalue weighted by Gasteiger charge is 2.27. The lowest BCUT2D eigenvalue weighted by Gasteiger charge is -2.29. The molecule has 0 spiro atoms. The summed E-state index contributed by atoms with van der Waals surface area (Å²) in [5.41, 5.74) is 0.972. The van der Waals surface area contributed by atoms with Crippen molar-refractivity contribution in [2.24, 2.45) is 5.41 Å². The van der Waals surface area contributed by atoms with Crippen LogP contribution >= 0.6 is 43.5 Å². The predicted molar refractivity (Wildman–Crippen MR) is 75.4 cm³/mol. The number of alkyl halides is 2. The van der Waals surface area contributed by atoms with Crippen molar-refractivity contribution in [1.29, 1.82) is 0 Å². The fraction of sp³-hybridized carbons (Fsp3) is 0.500. The van der Waals surface area contributed by atoms with Crippen molar-refractivity contribution in [3.8, 4) is 0 Å². The minimum atomic E-state index is -0.340. The zero-order valence-corrected chi connectivity index (χ0v) is 13.0. The molecule has 0 aliphatic rings. The van der Waals surface area contributed by atoms with Crippen molar-refractivity contribution in [1.82, 2.24) is 0 Å². The van der Waals surface area contributed by atoms with Crippen LogP contribution in [-0.2, 0) is 6.42 Å². The van der Waals surface area contributed by atoms with Crippen LogP contribution in [0.15, 0.2) is 18.2 Å². The van der Waals surface area contributed by atoms with Gasteiger partial charge in [-0.2, -0.15) is 0 Å². The van der Waals surface area contributed by atoms with Crippen LogP contribution in [0, 0.1) is 11.2 Å². The van der Waals surface area contributed by atoms with E-state index >= 15 is 0 Å². The number of benzene rings is 1. The highest BCUT2D eigenvalue weighted by Crippen LogP contribution is 2.34. The molecule has 0 heterocycles. The Hall–Kier alpha value is 0.400.